The Hall–Kier alpha value is -6.60. The average molecular weight is 723 g/mol. The van der Waals surface area contributed by atoms with E-state index in [4.69, 9.17) is 19.9 Å². The highest BCUT2D eigenvalue weighted by Gasteiger charge is 2.25. The molecule has 0 amide bonds. The van der Waals surface area contributed by atoms with E-state index in [1.807, 2.05) is 0 Å². The van der Waals surface area contributed by atoms with Crippen LogP contribution in [0.25, 0.3) is 118 Å². The summed E-state index contributed by atoms with van der Waals surface area (Å²) in [7, 11) is 0. The topological polar surface area (TPSA) is 51.6 Å². The number of hydrogen-bond donors (Lipinski definition) is 0. The number of fused-ring (bicyclic) bond motifs is 8. The molecular formula is C48H26N4S2. The number of thiophene rings is 2. The van der Waals surface area contributed by atoms with Gasteiger partial charge >= 0.3 is 0 Å². The quantitative estimate of drug-likeness (QED) is 0.134. The maximum atomic E-state index is 5.58. The molecule has 0 aliphatic rings. The number of nitrogens with zero attached hydrogens (tertiary/aromatic N) is 4. The zero-order chi connectivity index (χ0) is 35.3. The van der Waals surface area contributed by atoms with Crippen molar-refractivity contribution in [1.82, 2.24) is 19.9 Å². The minimum Gasteiger partial charge on any atom is -0.242 e. The van der Waals surface area contributed by atoms with E-state index < -0.39 is 0 Å². The molecule has 0 aliphatic heterocycles. The van der Waals surface area contributed by atoms with Crippen LogP contribution in [0.5, 0.6) is 0 Å². The van der Waals surface area contributed by atoms with Crippen molar-refractivity contribution >= 4 is 99.1 Å². The third kappa shape index (κ3) is 4.23. The van der Waals surface area contributed by atoms with Crippen LogP contribution in [-0.2, 0) is 0 Å². The largest absolute Gasteiger partial charge is 0.242 e. The van der Waals surface area contributed by atoms with E-state index in [-0.39, 0.29) is 0 Å². The highest BCUT2D eigenvalue weighted by atomic mass is 32.1. The standard InChI is InChI=1S/C48H26N4S2/c1-5-15-27(16-6-1)45-41-42(46(53-45)28-17-7-2-8-18-28)50-38-32-24-14-26-34-36(32)35-31(37(38)49-41)23-13-25-33(35)39-40(34)52-44-43(51-39)47(29-19-9-3-10-20-29)54-48(44)30-21-11-4-12-22-30/h1-26H. The van der Waals surface area contributed by atoms with Gasteiger partial charge in [-0.25, -0.2) is 19.9 Å². The minimum absolute atomic E-state index is 0.906. The Morgan fingerprint density at radius 3 is 0.722 bits per heavy atom. The predicted octanol–water partition coefficient (Wildman–Crippen LogP) is 13.6. The summed E-state index contributed by atoms with van der Waals surface area (Å²) in [5.41, 5.74) is 11.9. The molecule has 4 heterocycles. The van der Waals surface area contributed by atoms with Gasteiger partial charge in [-0.05, 0) is 22.3 Å². The molecule has 0 spiro atoms. The summed E-state index contributed by atoms with van der Waals surface area (Å²) in [6, 6.07) is 55.4. The van der Waals surface area contributed by atoms with Crippen LogP contribution < -0.4 is 0 Å². The highest BCUT2D eigenvalue weighted by Crippen LogP contribution is 2.49. The molecule has 250 valence electrons. The van der Waals surface area contributed by atoms with E-state index in [0.29, 0.717) is 0 Å². The number of hydrogen-bond acceptors (Lipinski definition) is 6. The Balaban J connectivity index is 1.24. The monoisotopic (exact) mass is 722 g/mol. The molecule has 8 aromatic carbocycles. The third-order valence-corrected chi connectivity index (χ3v) is 13.1. The second kappa shape index (κ2) is 11.4. The van der Waals surface area contributed by atoms with Crippen LogP contribution in [0.4, 0.5) is 0 Å². The van der Waals surface area contributed by atoms with Crippen molar-refractivity contribution < 1.29 is 0 Å². The third-order valence-electron chi connectivity index (χ3n) is 10.6. The lowest BCUT2D eigenvalue weighted by Gasteiger charge is -2.16. The molecule has 0 saturated heterocycles. The molecule has 0 bridgehead atoms. The van der Waals surface area contributed by atoms with Crippen molar-refractivity contribution in [2.75, 3.05) is 0 Å². The Kier molecular flexibility index (Phi) is 6.34. The van der Waals surface area contributed by atoms with Crippen LogP contribution in [0.2, 0.25) is 0 Å². The zero-order valence-electron chi connectivity index (χ0n) is 28.6. The first kappa shape index (κ1) is 29.9. The summed E-state index contributed by atoms with van der Waals surface area (Å²) < 4.78 is 0. The molecular weight excluding hydrogens is 697 g/mol. The summed E-state index contributed by atoms with van der Waals surface area (Å²) in [6.45, 7) is 0. The fourth-order valence-electron chi connectivity index (χ4n) is 8.23. The van der Waals surface area contributed by atoms with E-state index in [0.717, 1.165) is 118 Å². The lowest BCUT2D eigenvalue weighted by Crippen LogP contribution is -1.96. The van der Waals surface area contributed by atoms with Gasteiger partial charge < -0.3 is 0 Å². The molecule has 0 atom stereocenters. The Bertz CT molecular complexity index is 2970. The van der Waals surface area contributed by atoms with Gasteiger partial charge in [0.2, 0.25) is 0 Å². The Labute approximate surface area is 317 Å². The fraction of sp³-hybridized carbons (Fsp3) is 0. The summed E-state index contributed by atoms with van der Waals surface area (Å²) in [6.07, 6.45) is 0. The van der Waals surface area contributed by atoms with Gasteiger partial charge in [0.15, 0.2) is 0 Å². The molecule has 6 heteroatoms. The molecule has 54 heavy (non-hydrogen) atoms. The number of benzene rings is 8. The normalized spacial score (nSPS) is 12.1. The zero-order valence-corrected chi connectivity index (χ0v) is 30.2. The second-order valence-electron chi connectivity index (χ2n) is 13.7. The molecule has 0 saturated carbocycles. The van der Waals surface area contributed by atoms with Gasteiger partial charge in [-0.1, -0.05) is 158 Å². The number of aromatic nitrogens is 4. The molecule has 4 aromatic heterocycles. The molecule has 12 rings (SSSR count). The van der Waals surface area contributed by atoms with Crippen molar-refractivity contribution in [3.8, 4) is 41.8 Å². The summed E-state index contributed by atoms with van der Waals surface area (Å²) in [4.78, 5) is 26.8. The number of rotatable bonds is 4. The molecule has 0 aliphatic carbocycles. The molecule has 12 aromatic rings. The van der Waals surface area contributed by atoms with Gasteiger partial charge in [-0.3, -0.25) is 0 Å². The van der Waals surface area contributed by atoms with Crippen LogP contribution in [0.3, 0.4) is 0 Å². The Morgan fingerprint density at radius 2 is 0.481 bits per heavy atom. The van der Waals surface area contributed by atoms with Crippen molar-refractivity contribution in [3.05, 3.63) is 158 Å². The van der Waals surface area contributed by atoms with E-state index >= 15 is 0 Å². The molecule has 0 fully saturated rings. The van der Waals surface area contributed by atoms with E-state index in [9.17, 15) is 0 Å². The SMILES string of the molecule is c1ccc(-c2sc(-c3ccccc3)c3nc4c5cccc6c7nc8c(-c9ccccc9)sc(-c9ccccc9)c8nc7c7cccc(c4nc23)c7c56)cc1. The molecule has 0 radical (unpaired) electrons. The van der Waals surface area contributed by atoms with Crippen molar-refractivity contribution in [2.24, 2.45) is 0 Å². The first-order valence-electron chi connectivity index (χ1n) is 18.0. The molecule has 0 N–H and O–H groups in total. The van der Waals surface area contributed by atoms with E-state index in [1.165, 1.54) is 0 Å². The maximum absolute atomic E-state index is 5.58. The van der Waals surface area contributed by atoms with Crippen LogP contribution >= 0.6 is 22.7 Å². The van der Waals surface area contributed by atoms with Gasteiger partial charge in [0, 0.05) is 32.3 Å². The molecule has 4 nitrogen and oxygen atoms in total. The van der Waals surface area contributed by atoms with E-state index in [2.05, 4.69) is 158 Å². The van der Waals surface area contributed by atoms with E-state index in [1.54, 1.807) is 22.7 Å². The van der Waals surface area contributed by atoms with Gasteiger partial charge in [0.25, 0.3) is 0 Å². The summed E-state index contributed by atoms with van der Waals surface area (Å²) >= 11 is 3.53. The predicted molar refractivity (Wildman–Crippen MR) is 229 cm³/mol. The lowest BCUT2D eigenvalue weighted by atomic mass is 9.91. The summed E-state index contributed by atoms with van der Waals surface area (Å²) in [5, 5.41) is 6.63. The van der Waals surface area contributed by atoms with Gasteiger partial charge in [-0.2, -0.15) is 0 Å². The smallest absolute Gasteiger partial charge is 0.109 e. The maximum Gasteiger partial charge on any atom is 0.109 e. The van der Waals surface area contributed by atoms with Crippen LogP contribution in [0.1, 0.15) is 0 Å². The average Bonchev–Trinajstić information content (AvgIpc) is 3.82. The minimum atomic E-state index is 0.906. The first-order valence-corrected chi connectivity index (χ1v) is 19.6. The lowest BCUT2D eigenvalue weighted by molar-refractivity contribution is 1.43. The molecule has 0 unspecified atom stereocenters. The van der Waals surface area contributed by atoms with Crippen LogP contribution in [0.15, 0.2) is 158 Å². The first-order chi connectivity index (χ1) is 26.8. The van der Waals surface area contributed by atoms with Crippen molar-refractivity contribution in [2.45, 2.75) is 0 Å². The van der Waals surface area contributed by atoms with Crippen LogP contribution in [-0.4, -0.2) is 19.9 Å². The van der Waals surface area contributed by atoms with Crippen molar-refractivity contribution in [1.29, 1.82) is 0 Å². The highest BCUT2D eigenvalue weighted by molar-refractivity contribution is 7.21. The Morgan fingerprint density at radius 1 is 0.241 bits per heavy atom. The van der Waals surface area contributed by atoms with Gasteiger partial charge in [-0.15, -0.1) is 22.7 Å². The summed E-state index contributed by atoms with van der Waals surface area (Å²) in [5.74, 6) is 0. The van der Waals surface area contributed by atoms with Gasteiger partial charge in [0.05, 0.1) is 41.6 Å². The van der Waals surface area contributed by atoms with Crippen LogP contribution in [0, 0.1) is 0 Å². The second-order valence-corrected chi connectivity index (χ2v) is 15.7. The fourth-order valence-corrected chi connectivity index (χ4v) is 10.6. The van der Waals surface area contributed by atoms with Crippen molar-refractivity contribution in [3.63, 3.8) is 0 Å². The van der Waals surface area contributed by atoms with Gasteiger partial charge in [0.1, 0.15) is 22.1 Å².